The SMILES string of the molecule is O=CO.[H-].[Na+].c1cc2ccc1-2.c1ccncc1. The number of rotatable bonds is 0. The smallest absolute Gasteiger partial charge is 1.00 e. The maximum atomic E-state index is 8.36. The molecule has 0 saturated heterocycles. The standard InChI is InChI=1S/C6H4.C5H5N.CH2O2.Na.H/c1-2-6-4-3-5(1)6;1-2-4-6-5-3-1;2-1-3;;/h1-4H;1-5H;1H,(H,2,3);;/q;;;+1;-1. The summed E-state index contributed by atoms with van der Waals surface area (Å²) in [5.41, 5.74) is 2.85. The van der Waals surface area contributed by atoms with Crippen LogP contribution in [-0.2, 0) is 4.79 Å². The normalized spacial score (nSPS) is 8.00. The Hall–Kier alpha value is -1.16. The van der Waals surface area contributed by atoms with Gasteiger partial charge in [-0.05, 0) is 23.3 Å². The van der Waals surface area contributed by atoms with Crippen molar-refractivity contribution in [2.24, 2.45) is 0 Å². The van der Waals surface area contributed by atoms with Crippen LogP contribution in [0.1, 0.15) is 1.43 Å². The number of aromatic nitrogens is 1. The van der Waals surface area contributed by atoms with E-state index in [-0.39, 0.29) is 37.5 Å². The summed E-state index contributed by atoms with van der Waals surface area (Å²) in [6, 6.07) is 14.2. The maximum absolute atomic E-state index is 8.36. The zero-order chi connectivity index (χ0) is 10.9. The van der Waals surface area contributed by atoms with Gasteiger partial charge in [0.05, 0.1) is 0 Å². The quantitative estimate of drug-likeness (QED) is 0.417. The molecule has 0 aromatic carbocycles. The number of pyridine rings is 1. The van der Waals surface area contributed by atoms with E-state index in [1.807, 2.05) is 18.2 Å². The van der Waals surface area contributed by atoms with Gasteiger partial charge in [-0.1, -0.05) is 30.3 Å². The molecule has 1 aromatic rings. The molecule has 0 radical (unpaired) electrons. The van der Waals surface area contributed by atoms with E-state index in [2.05, 4.69) is 29.2 Å². The van der Waals surface area contributed by atoms with Gasteiger partial charge in [0.1, 0.15) is 0 Å². The van der Waals surface area contributed by atoms with Crippen LogP contribution in [0.4, 0.5) is 0 Å². The number of nitrogens with zero attached hydrogens (tertiary/aromatic N) is 1. The number of carbonyl (C=O) groups is 1. The number of carboxylic acid groups (broad SMARTS) is 1. The van der Waals surface area contributed by atoms with Gasteiger partial charge in [-0.3, -0.25) is 9.78 Å². The summed E-state index contributed by atoms with van der Waals surface area (Å²) in [6.45, 7) is -0.250. The molecule has 3 rings (SSSR count). The third-order valence-electron chi connectivity index (χ3n) is 1.78. The van der Waals surface area contributed by atoms with Gasteiger partial charge in [-0.15, -0.1) is 0 Å². The van der Waals surface area contributed by atoms with E-state index < -0.39 is 0 Å². The van der Waals surface area contributed by atoms with Gasteiger partial charge in [0.15, 0.2) is 0 Å². The monoisotopic (exact) mass is 225 g/mol. The minimum Gasteiger partial charge on any atom is -1.00 e. The number of hydrogen-bond donors (Lipinski definition) is 1. The Morgan fingerprint density at radius 2 is 1.38 bits per heavy atom. The van der Waals surface area contributed by atoms with E-state index in [0.717, 1.165) is 0 Å². The van der Waals surface area contributed by atoms with E-state index in [1.165, 1.54) is 11.1 Å². The first kappa shape index (κ1) is 14.8. The molecule has 2 aliphatic rings. The van der Waals surface area contributed by atoms with Gasteiger partial charge < -0.3 is 6.53 Å². The second kappa shape index (κ2) is 9.09. The molecule has 4 heteroatoms. The van der Waals surface area contributed by atoms with Crippen molar-refractivity contribution in [3.05, 3.63) is 54.9 Å². The van der Waals surface area contributed by atoms with Crippen molar-refractivity contribution in [1.29, 1.82) is 0 Å². The van der Waals surface area contributed by atoms with Crippen molar-refractivity contribution in [1.82, 2.24) is 4.98 Å². The van der Waals surface area contributed by atoms with Crippen molar-refractivity contribution >= 4 is 6.47 Å². The molecule has 0 saturated carbocycles. The number of benzene rings is 1. The first-order chi connectivity index (χ1) is 7.38. The minimum atomic E-state index is -0.250. The molecule has 0 amide bonds. The summed E-state index contributed by atoms with van der Waals surface area (Å²) in [4.78, 5) is 12.1. The van der Waals surface area contributed by atoms with E-state index in [0.29, 0.717) is 0 Å². The molecule has 1 aromatic heterocycles. The average molecular weight is 225 g/mol. The Morgan fingerprint density at radius 1 is 1.00 bits per heavy atom. The zero-order valence-electron chi connectivity index (χ0n) is 10.1. The molecule has 2 aliphatic carbocycles. The summed E-state index contributed by atoms with van der Waals surface area (Å²) in [5.74, 6) is 0. The molecule has 0 aliphatic heterocycles. The van der Waals surface area contributed by atoms with Gasteiger partial charge >= 0.3 is 29.6 Å². The van der Waals surface area contributed by atoms with Crippen LogP contribution < -0.4 is 29.6 Å². The third kappa shape index (κ3) is 5.07. The zero-order valence-corrected chi connectivity index (χ0v) is 11.1. The molecule has 0 fully saturated rings. The van der Waals surface area contributed by atoms with Crippen LogP contribution >= 0.6 is 0 Å². The van der Waals surface area contributed by atoms with Gasteiger partial charge in [0.25, 0.3) is 6.47 Å². The van der Waals surface area contributed by atoms with Gasteiger partial charge in [-0.2, -0.15) is 0 Å². The van der Waals surface area contributed by atoms with Crippen molar-refractivity contribution in [2.45, 2.75) is 0 Å². The molecule has 3 nitrogen and oxygen atoms in total. The summed E-state index contributed by atoms with van der Waals surface area (Å²) in [5, 5.41) is 6.89. The van der Waals surface area contributed by atoms with Crippen molar-refractivity contribution in [3.63, 3.8) is 0 Å². The molecule has 0 unspecified atom stereocenters. The van der Waals surface area contributed by atoms with Crippen molar-refractivity contribution in [3.8, 4) is 11.1 Å². The van der Waals surface area contributed by atoms with Crippen molar-refractivity contribution in [2.75, 3.05) is 0 Å². The van der Waals surface area contributed by atoms with E-state index in [1.54, 1.807) is 12.4 Å². The first-order valence-electron chi connectivity index (χ1n) is 4.41. The van der Waals surface area contributed by atoms with Crippen LogP contribution in [0.2, 0.25) is 0 Å². The molecule has 0 bridgehead atoms. The molecule has 16 heavy (non-hydrogen) atoms. The fourth-order valence-corrected chi connectivity index (χ4v) is 0.975. The van der Waals surface area contributed by atoms with Gasteiger partial charge in [0, 0.05) is 12.4 Å². The fraction of sp³-hybridized carbons (Fsp3) is 0. The fourth-order valence-electron chi connectivity index (χ4n) is 0.975. The second-order valence-corrected chi connectivity index (χ2v) is 2.71. The van der Waals surface area contributed by atoms with Crippen LogP contribution in [0.3, 0.4) is 0 Å². The average Bonchev–Trinajstić information content (AvgIpc) is 2.28. The predicted molar refractivity (Wildman–Crippen MR) is 59.5 cm³/mol. The molecule has 1 N–H and O–H groups in total. The van der Waals surface area contributed by atoms with Crippen molar-refractivity contribution < 1.29 is 40.9 Å². The Kier molecular flexibility index (Phi) is 8.43. The molecule has 0 spiro atoms. The third-order valence-corrected chi connectivity index (χ3v) is 1.78. The Balaban J connectivity index is 0. The van der Waals surface area contributed by atoms with E-state index >= 15 is 0 Å². The Morgan fingerprint density at radius 3 is 1.44 bits per heavy atom. The van der Waals surface area contributed by atoms with Gasteiger partial charge in [0.2, 0.25) is 0 Å². The molecule has 1 heterocycles. The Labute approximate surface area is 118 Å². The second-order valence-electron chi connectivity index (χ2n) is 2.71. The predicted octanol–water partition coefficient (Wildman–Crippen LogP) is -0.434. The topological polar surface area (TPSA) is 50.2 Å². The number of hydrogen-bond acceptors (Lipinski definition) is 2. The van der Waals surface area contributed by atoms with Crippen LogP contribution in [-0.4, -0.2) is 16.6 Å². The van der Waals surface area contributed by atoms with E-state index in [9.17, 15) is 0 Å². The van der Waals surface area contributed by atoms with Crippen LogP contribution in [0.15, 0.2) is 54.9 Å². The molecule has 0 atom stereocenters. The molecule has 78 valence electrons. The summed E-state index contributed by atoms with van der Waals surface area (Å²) in [6.07, 6.45) is 3.50. The molecular weight excluding hydrogens is 213 g/mol. The summed E-state index contributed by atoms with van der Waals surface area (Å²) >= 11 is 0. The summed E-state index contributed by atoms with van der Waals surface area (Å²) < 4.78 is 0. The first-order valence-corrected chi connectivity index (χ1v) is 4.41. The van der Waals surface area contributed by atoms with Crippen LogP contribution in [0, 0.1) is 0 Å². The molecular formula is C12H12NNaO2. The summed E-state index contributed by atoms with van der Waals surface area (Å²) in [7, 11) is 0. The Bertz CT molecular complexity index is 345. The minimum absolute atomic E-state index is 0. The van der Waals surface area contributed by atoms with Gasteiger partial charge in [-0.25, -0.2) is 0 Å². The van der Waals surface area contributed by atoms with Crippen LogP contribution in [0.5, 0.6) is 0 Å². The van der Waals surface area contributed by atoms with E-state index in [4.69, 9.17) is 9.90 Å². The largest absolute Gasteiger partial charge is 1.00 e. The van der Waals surface area contributed by atoms with Crippen LogP contribution in [0.25, 0.3) is 11.1 Å². The number of fused-ring (bicyclic) bond motifs is 1. The maximum Gasteiger partial charge on any atom is 1.00 e.